The highest BCUT2D eigenvalue weighted by molar-refractivity contribution is 6.05. The number of ether oxygens (including phenoxy) is 1. The molecule has 184 valence electrons. The second-order valence-electron chi connectivity index (χ2n) is 9.12. The largest absolute Gasteiger partial charge is 0.495 e. The van der Waals surface area contributed by atoms with Gasteiger partial charge in [0.15, 0.2) is 5.65 Å². The Bertz CT molecular complexity index is 1600. The zero-order valence-corrected chi connectivity index (χ0v) is 20.7. The summed E-state index contributed by atoms with van der Waals surface area (Å²) in [6.07, 6.45) is 1.86. The molecule has 1 aliphatic rings. The summed E-state index contributed by atoms with van der Waals surface area (Å²) in [4.78, 5) is 47.9. The van der Waals surface area contributed by atoms with Crippen LogP contribution in [0.5, 0.6) is 5.75 Å². The van der Waals surface area contributed by atoms with E-state index >= 15 is 0 Å². The Balaban J connectivity index is 1.89. The molecule has 36 heavy (non-hydrogen) atoms. The molecule has 4 aromatic rings. The van der Waals surface area contributed by atoms with E-state index in [0.717, 1.165) is 24.0 Å². The summed E-state index contributed by atoms with van der Waals surface area (Å²) >= 11 is 0. The van der Waals surface area contributed by atoms with Crippen LogP contribution in [-0.4, -0.2) is 45.1 Å². The molecule has 2 aromatic heterocycles. The van der Waals surface area contributed by atoms with Crippen molar-refractivity contribution in [3.63, 3.8) is 0 Å². The number of hydrogen-bond donors (Lipinski definition) is 0. The number of pyridine rings is 1. The van der Waals surface area contributed by atoms with Crippen molar-refractivity contribution in [2.45, 2.75) is 33.2 Å². The molecule has 0 unspecified atom stereocenters. The summed E-state index contributed by atoms with van der Waals surface area (Å²) in [5.41, 5.74) is 2.15. The van der Waals surface area contributed by atoms with Crippen molar-refractivity contribution in [3.8, 4) is 11.4 Å². The molecule has 0 spiro atoms. The minimum absolute atomic E-state index is 0.0701. The lowest BCUT2D eigenvalue weighted by Crippen LogP contribution is -2.41. The maximum Gasteiger partial charge on any atom is 0.337 e. The number of methoxy groups -OCH3 is 1. The van der Waals surface area contributed by atoms with Crippen LogP contribution in [0.4, 0.5) is 0 Å². The summed E-state index contributed by atoms with van der Waals surface area (Å²) in [5, 5.41) is 0.136. The maximum atomic E-state index is 14.0. The van der Waals surface area contributed by atoms with Crippen LogP contribution < -0.4 is 16.0 Å². The molecule has 3 heterocycles. The average molecular weight is 485 g/mol. The lowest BCUT2D eigenvalue weighted by atomic mass is 10.1. The van der Waals surface area contributed by atoms with Crippen molar-refractivity contribution in [1.29, 1.82) is 0 Å². The van der Waals surface area contributed by atoms with Gasteiger partial charge in [0.05, 0.1) is 30.3 Å². The SMILES string of the molecule is COc1ccccc1-n1c(=O)n(Cc2ccccc2C)c(=O)c2c(C(=O)N3CCCC3)cc(C)nc21. The minimum atomic E-state index is -0.544. The van der Waals surface area contributed by atoms with E-state index in [1.54, 1.807) is 42.2 Å². The first-order valence-electron chi connectivity index (χ1n) is 12.0. The number of benzene rings is 2. The van der Waals surface area contributed by atoms with Crippen molar-refractivity contribution in [3.05, 3.63) is 97.8 Å². The molecule has 1 saturated heterocycles. The number of amides is 1. The van der Waals surface area contributed by atoms with Crippen LogP contribution in [0.3, 0.4) is 0 Å². The van der Waals surface area contributed by atoms with Crippen molar-refractivity contribution in [1.82, 2.24) is 19.0 Å². The number of likely N-dealkylation sites (tertiary alicyclic amines) is 1. The van der Waals surface area contributed by atoms with Gasteiger partial charge in [-0.2, -0.15) is 0 Å². The van der Waals surface area contributed by atoms with Gasteiger partial charge < -0.3 is 9.64 Å². The van der Waals surface area contributed by atoms with E-state index in [9.17, 15) is 14.4 Å². The lowest BCUT2D eigenvalue weighted by molar-refractivity contribution is 0.0794. The minimum Gasteiger partial charge on any atom is -0.495 e. The number of carbonyl (C=O) groups excluding carboxylic acids is 1. The summed E-state index contributed by atoms with van der Waals surface area (Å²) < 4.78 is 8.13. The molecule has 0 N–H and O–H groups in total. The molecular weight excluding hydrogens is 456 g/mol. The van der Waals surface area contributed by atoms with Crippen molar-refractivity contribution in [2.24, 2.45) is 0 Å². The van der Waals surface area contributed by atoms with Gasteiger partial charge in [0.25, 0.3) is 11.5 Å². The van der Waals surface area contributed by atoms with Crippen LogP contribution in [0.15, 0.2) is 64.2 Å². The van der Waals surface area contributed by atoms with Gasteiger partial charge in [0.2, 0.25) is 0 Å². The van der Waals surface area contributed by atoms with E-state index in [0.29, 0.717) is 30.2 Å². The van der Waals surface area contributed by atoms with Crippen LogP contribution in [0, 0.1) is 13.8 Å². The van der Waals surface area contributed by atoms with Gasteiger partial charge in [-0.15, -0.1) is 0 Å². The number of carbonyl (C=O) groups is 1. The normalized spacial score (nSPS) is 13.4. The average Bonchev–Trinajstić information content (AvgIpc) is 3.42. The highest BCUT2D eigenvalue weighted by atomic mass is 16.5. The van der Waals surface area contributed by atoms with Crippen molar-refractivity contribution >= 4 is 16.9 Å². The third-order valence-electron chi connectivity index (χ3n) is 6.76. The van der Waals surface area contributed by atoms with Gasteiger partial charge >= 0.3 is 5.69 Å². The summed E-state index contributed by atoms with van der Waals surface area (Å²) in [5.74, 6) is 0.241. The zero-order chi connectivity index (χ0) is 25.4. The third kappa shape index (κ3) is 3.98. The molecule has 8 heteroatoms. The number of nitrogens with zero attached hydrogens (tertiary/aromatic N) is 4. The first kappa shape index (κ1) is 23.5. The lowest BCUT2D eigenvalue weighted by Gasteiger charge is -2.20. The quantitative estimate of drug-likeness (QED) is 0.433. The Morgan fingerprint density at radius 3 is 2.42 bits per heavy atom. The molecule has 0 bridgehead atoms. The van der Waals surface area contributed by atoms with E-state index in [-0.39, 0.29) is 29.0 Å². The van der Waals surface area contributed by atoms with E-state index in [2.05, 4.69) is 4.98 Å². The predicted molar refractivity (Wildman–Crippen MR) is 138 cm³/mol. The van der Waals surface area contributed by atoms with Crippen LogP contribution >= 0.6 is 0 Å². The van der Waals surface area contributed by atoms with Crippen LogP contribution in [0.2, 0.25) is 0 Å². The van der Waals surface area contributed by atoms with Crippen LogP contribution in [0.25, 0.3) is 16.7 Å². The second kappa shape index (κ2) is 9.45. The van der Waals surface area contributed by atoms with Crippen molar-refractivity contribution in [2.75, 3.05) is 20.2 Å². The van der Waals surface area contributed by atoms with Crippen LogP contribution in [0.1, 0.15) is 40.0 Å². The van der Waals surface area contributed by atoms with E-state index in [1.807, 2.05) is 31.2 Å². The molecule has 0 radical (unpaired) electrons. The highest BCUT2D eigenvalue weighted by Crippen LogP contribution is 2.26. The van der Waals surface area contributed by atoms with E-state index in [4.69, 9.17) is 4.74 Å². The molecule has 0 atom stereocenters. The Morgan fingerprint density at radius 2 is 1.69 bits per heavy atom. The first-order chi connectivity index (χ1) is 17.4. The van der Waals surface area contributed by atoms with Gasteiger partial charge in [-0.1, -0.05) is 36.4 Å². The fourth-order valence-corrected chi connectivity index (χ4v) is 4.85. The molecule has 5 rings (SSSR count). The van der Waals surface area contributed by atoms with Crippen LogP contribution in [-0.2, 0) is 6.54 Å². The van der Waals surface area contributed by atoms with Gasteiger partial charge in [0.1, 0.15) is 5.75 Å². The van der Waals surface area contributed by atoms with Gasteiger partial charge in [-0.3, -0.25) is 14.2 Å². The topological polar surface area (TPSA) is 86.4 Å². The molecule has 1 amide bonds. The predicted octanol–water partition coefficient (Wildman–Crippen LogP) is 3.46. The Morgan fingerprint density at radius 1 is 1.00 bits per heavy atom. The summed E-state index contributed by atoms with van der Waals surface area (Å²) in [7, 11) is 1.52. The van der Waals surface area contributed by atoms with E-state index in [1.165, 1.54) is 16.2 Å². The fraction of sp³-hybridized carbons (Fsp3) is 0.286. The zero-order valence-electron chi connectivity index (χ0n) is 20.7. The third-order valence-corrected chi connectivity index (χ3v) is 6.76. The second-order valence-corrected chi connectivity index (χ2v) is 9.12. The van der Waals surface area contributed by atoms with E-state index < -0.39 is 11.2 Å². The summed E-state index contributed by atoms with van der Waals surface area (Å²) in [6.45, 7) is 5.06. The number of aromatic nitrogens is 3. The molecule has 2 aromatic carbocycles. The molecule has 8 nitrogen and oxygen atoms in total. The molecule has 0 aliphatic carbocycles. The molecule has 0 saturated carbocycles. The first-order valence-corrected chi connectivity index (χ1v) is 12.0. The smallest absolute Gasteiger partial charge is 0.337 e. The Kier molecular flexibility index (Phi) is 6.18. The van der Waals surface area contributed by atoms with Crippen molar-refractivity contribution < 1.29 is 9.53 Å². The molecule has 1 aliphatic heterocycles. The fourth-order valence-electron chi connectivity index (χ4n) is 4.85. The standard InChI is InChI=1S/C28H28N4O4/c1-18-10-4-5-11-20(18)17-31-27(34)24-21(26(33)30-14-8-9-15-30)16-19(2)29-25(24)32(28(31)35)22-12-6-7-13-23(22)36-3/h4-7,10-13,16H,8-9,14-15,17H2,1-3H3. The Hall–Kier alpha value is -4.20. The number of aryl methyl sites for hydroxylation is 2. The highest BCUT2D eigenvalue weighted by Gasteiger charge is 2.27. The Labute approximate surface area is 208 Å². The number of hydrogen-bond acceptors (Lipinski definition) is 5. The monoisotopic (exact) mass is 484 g/mol. The number of para-hydroxylation sites is 2. The van der Waals surface area contributed by atoms with Gasteiger partial charge in [0, 0.05) is 18.8 Å². The molecule has 1 fully saturated rings. The van der Waals surface area contributed by atoms with Gasteiger partial charge in [-0.25, -0.2) is 14.3 Å². The number of rotatable bonds is 5. The number of fused-ring (bicyclic) bond motifs is 1. The molecular formula is C28H28N4O4. The summed E-state index contributed by atoms with van der Waals surface area (Å²) in [6, 6.07) is 16.4. The van der Waals surface area contributed by atoms with Gasteiger partial charge in [-0.05, 0) is 56.0 Å². The maximum absolute atomic E-state index is 14.0.